The first-order chi connectivity index (χ1) is 16.4. The fourth-order valence-electron chi connectivity index (χ4n) is 3.22. The summed E-state index contributed by atoms with van der Waals surface area (Å²) < 4.78 is 9.05. The number of azo groups is 1. The molecule has 7 nitrogen and oxygen atoms in total. The van der Waals surface area contributed by atoms with Crippen molar-refractivity contribution in [2.24, 2.45) is 10.2 Å². The highest BCUT2D eigenvalue weighted by Gasteiger charge is 2.19. The standard InChI is InChI=1S/C24H18BrClN4O3S/c1-2-33-18-13-11-17(12-14-18)30-23(32)21(28-27-20-6-4-3-5-19(20)26)22(31)29(24(30)34)16-9-7-15(25)8-10-16/h3-14,31H,2H2,1H3. The van der Waals surface area contributed by atoms with Crippen LogP contribution in [0.3, 0.4) is 0 Å². The summed E-state index contributed by atoms with van der Waals surface area (Å²) in [5.74, 6) is 0.221. The lowest BCUT2D eigenvalue weighted by Crippen LogP contribution is -2.23. The molecule has 0 amide bonds. The van der Waals surface area contributed by atoms with Crippen LogP contribution in [-0.2, 0) is 0 Å². The zero-order chi connectivity index (χ0) is 24.2. The van der Waals surface area contributed by atoms with Gasteiger partial charge in [0.15, 0.2) is 4.77 Å². The SMILES string of the molecule is CCOc1ccc(-n2c(=O)c(N=Nc3ccccc3Cl)c(O)n(-c3ccc(Br)cc3)c2=S)cc1. The van der Waals surface area contributed by atoms with Gasteiger partial charge in [0, 0.05) is 4.47 Å². The van der Waals surface area contributed by atoms with Crippen LogP contribution in [0.5, 0.6) is 11.6 Å². The van der Waals surface area contributed by atoms with Gasteiger partial charge in [-0.25, -0.2) is 0 Å². The summed E-state index contributed by atoms with van der Waals surface area (Å²) in [4.78, 5) is 13.5. The van der Waals surface area contributed by atoms with E-state index in [9.17, 15) is 9.90 Å². The van der Waals surface area contributed by atoms with E-state index < -0.39 is 11.4 Å². The summed E-state index contributed by atoms with van der Waals surface area (Å²) in [6.45, 7) is 2.40. The smallest absolute Gasteiger partial charge is 0.290 e. The molecule has 0 saturated carbocycles. The zero-order valence-electron chi connectivity index (χ0n) is 17.9. The third kappa shape index (κ3) is 4.82. The van der Waals surface area contributed by atoms with E-state index in [4.69, 9.17) is 28.6 Å². The van der Waals surface area contributed by atoms with Crippen LogP contribution in [0.1, 0.15) is 6.92 Å². The number of aromatic hydroxyl groups is 1. The van der Waals surface area contributed by atoms with Gasteiger partial charge in [-0.2, -0.15) is 0 Å². The number of rotatable bonds is 6. The van der Waals surface area contributed by atoms with Crippen LogP contribution in [-0.4, -0.2) is 20.8 Å². The second kappa shape index (κ2) is 10.3. The zero-order valence-corrected chi connectivity index (χ0v) is 21.0. The average Bonchev–Trinajstić information content (AvgIpc) is 2.82. The summed E-state index contributed by atoms with van der Waals surface area (Å²) in [5, 5.41) is 19.6. The van der Waals surface area contributed by atoms with Gasteiger partial charge in [-0.3, -0.25) is 13.9 Å². The third-order valence-corrected chi connectivity index (χ3v) is 6.03. The lowest BCUT2D eigenvalue weighted by atomic mass is 10.3. The molecule has 0 bridgehead atoms. The quantitative estimate of drug-likeness (QED) is 0.199. The number of halogens is 2. The molecule has 10 heteroatoms. The van der Waals surface area contributed by atoms with Gasteiger partial charge in [-0.1, -0.05) is 39.7 Å². The predicted octanol–water partition coefficient (Wildman–Crippen LogP) is 7.29. The van der Waals surface area contributed by atoms with E-state index in [1.165, 1.54) is 9.13 Å². The Bertz CT molecular complexity index is 1480. The molecule has 0 aliphatic heterocycles. The Hall–Kier alpha value is -3.27. The van der Waals surface area contributed by atoms with Gasteiger partial charge in [-0.15, -0.1) is 10.2 Å². The molecule has 0 fully saturated rings. The summed E-state index contributed by atoms with van der Waals surface area (Å²) in [7, 11) is 0. The van der Waals surface area contributed by atoms with Crippen molar-refractivity contribution in [2.45, 2.75) is 6.92 Å². The molecule has 34 heavy (non-hydrogen) atoms. The van der Waals surface area contributed by atoms with Gasteiger partial charge in [-0.05, 0) is 79.8 Å². The van der Waals surface area contributed by atoms with Crippen LogP contribution in [0, 0.1) is 4.77 Å². The van der Waals surface area contributed by atoms with E-state index in [2.05, 4.69) is 26.2 Å². The molecule has 0 aliphatic carbocycles. The fraction of sp³-hybridized carbons (Fsp3) is 0.0833. The maximum atomic E-state index is 13.5. The number of hydrogen-bond donors (Lipinski definition) is 1. The number of aromatic nitrogens is 2. The highest BCUT2D eigenvalue weighted by atomic mass is 79.9. The van der Waals surface area contributed by atoms with Crippen LogP contribution in [0.2, 0.25) is 5.02 Å². The first kappa shape index (κ1) is 23.9. The van der Waals surface area contributed by atoms with Crippen molar-refractivity contribution in [3.05, 3.63) is 97.4 Å². The first-order valence-electron chi connectivity index (χ1n) is 10.2. The maximum Gasteiger partial charge on any atom is 0.290 e. The van der Waals surface area contributed by atoms with Crippen molar-refractivity contribution in [2.75, 3.05) is 6.61 Å². The van der Waals surface area contributed by atoms with Crippen molar-refractivity contribution >= 4 is 51.1 Å². The van der Waals surface area contributed by atoms with Gasteiger partial charge in [0.25, 0.3) is 5.56 Å². The molecule has 0 atom stereocenters. The van der Waals surface area contributed by atoms with Gasteiger partial charge >= 0.3 is 0 Å². The Kier molecular flexibility index (Phi) is 7.26. The third-order valence-electron chi connectivity index (χ3n) is 4.81. The number of nitrogens with zero attached hydrogens (tertiary/aromatic N) is 4. The molecule has 1 aromatic heterocycles. The van der Waals surface area contributed by atoms with E-state index in [1.54, 1.807) is 72.8 Å². The molecule has 1 heterocycles. The Balaban J connectivity index is 1.97. The normalized spacial score (nSPS) is 11.1. The van der Waals surface area contributed by atoms with E-state index in [-0.39, 0.29) is 10.5 Å². The van der Waals surface area contributed by atoms with E-state index in [0.29, 0.717) is 34.4 Å². The molecule has 0 aliphatic rings. The van der Waals surface area contributed by atoms with Crippen molar-refractivity contribution < 1.29 is 9.84 Å². The van der Waals surface area contributed by atoms with Crippen molar-refractivity contribution in [3.8, 4) is 23.0 Å². The minimum atomic E-state index is -0.629. The molecule has 0 spiro atoms. The van der Waals surface area contributed by atoms with E-state index in [1.807, 2.05) is 6.92 Å². The number of benzene rings is 3. The number of hydrogen-bond acceptors (Lipinski definition) is 6. The van der Waals surface area contributed by atoms with Crippen LogP contribution in [0.15, 0.2) is 92.3 Å². The fourth-order valence-corrected chi connectivity index (χ4v) is 4.04. The molecule has 172 valence electrons. The molecular formula is C24H18BrClN4O3S. The molecule has 3 aromatic carbocycles. The van der Waals surface area contributed by atoms with Crippen molar-refractivity contribution in [1.82, 2.24) is 9.13 Å². The van der Waals surface area contributed by atoms with Crippen LogP contribution in [0.4, 0.5) is 11.4 Å². The van der Waals surface area contributed by atoms with Gasteiger partial charge in [0.1, 0.15) is 11.4 Å². The van der Waals surface area contributed by atoms with Crippen molar-refractivity contribution in [3.63, 3.8) is 0 Å². The van der Waals surface area contributed by atoms with Crippen LogP contribution >= 0.6 is 39.7 Å². The Morgan fingerprint density at radius 1 is 0.971 bits per heavy atom. The number of ether oxygens (including phenoxy) is 1. The molecule has 4 rings (SSSR count). The minimum absolute atomic E-state index is 0.0608. The molecule has 1 N–H and O–H groups in total. The monoisotopic (exact) mass is 556 g/mol. The van der Waals surface area contributed by atoms with Crippen molar-refractivity contribution in [1.29, 1.82) is 0 Å². The van der Waals surface area contributed by atoms with E-state index >= 15 is 0 Å². The van der Waals surface area contributed by atoms with Crippen LogP contribution < -0.4 is 10.3 Å². The topological polar surface area (TPSA) is 81.1 Å². The largest absolute Gasteiger partial charge is 0.494 e. The highest BCUT2D eigenvalue weighted by Crippen LogP contribution is 2.31. The summed E-state index contributed by atoms with van der Waals surface area (Å²) in [6, 6.07) is 20.8. The molecular weight excluding hydrogens is 540 g/mol. The van der Waals surface area contributed by atoms with Gasteiger partial charge < -0.3 is 9.84 Å². The van der Waals surface area contributed by atoms with Gasteiger partial charge in [0.2, 0.25) is 11.6 Å². The second-order valence-electron chi connectivity index (χ2n) is 6.99. The minimum Gasteiger partial charge on any atom is -0.494 e. The maximum absolute atomic E-state index is 13.5. The summed E-state index contributed by atoms with van der Waals surface area (Å²) in [6.07, 6.45) is 0. The second-order valence-corrected chi connectivity index (χ2v) is 8.67. The summed E-state index contributed by atoms with van der Waals surface area (Å²) >= 11 is 15.2. The summed E-state index contributed by atoms with van der Waals surface area (Å²) in [5.41, 5.74) is 0.465. The molecule has 0 unspecified atom stereocenters. The first-order valence-corrected chi connectivity index (χ1v) is 11.7. The van der Waals surface area contributed by atoms with Gasteiger partial charge in [0.05, 0.1) is 23.0 Å². The molecule has 0 saturated heterocycles. The average molecular weight is 558 g/mol. The predicted molar refractivity (Wildman–Crippen MR) is 138 cm³/mol. The Labute approximate surface area is 213 Å². The molecule has 0 radical (unpaired) electrons. The van der Waals surface area contributed by atoms with Crippen LogP contribution in [0.25, 0.3) is 11.4 Å². The lowest BCUT2D eigenvalue weighted by molar-refractivity contribution is 0.340. The van der Waals surface area contributed by atoms with E-state index in [0.717, 1.165) is 4.47 Å². The highest BCUT2D eigenvalue weighted by molar-refractivity contribution is 9.10. The Morgan fingerprint density at radius 3 is 2.24 bits per heavy atom. The lowest BCUT2D eigenvalue weighted by Gasteiger charge is -2.16. The Morgan fingerprint density at radius 2 is 1.59 bits per heavy atom. The molecule has 4 aromatic rings.